The number of hydrogen-bond donors (Lipinski definition) is 1. The summed E-state index contributed by atoms with van der Waals surface area (Å²) in [6.45, 7) is 0. The van der Waals surface area contributed by atoms with Crippen molar-refractivity contribution in [3.8, 4) is 0 Å². The first kappa shape index (κ1) is 7.90. The average molecular weight is 173 g/mol. The molecule has 2 N–H and O–H groups in total. The molecule has 3 heteroatoms. The molecule has 1 spiro atoms. The van der Waals surface area contributed by atoms with Crippen LogP contribution in [0.25, 0.3) is 0 Å². The highest BCUT2D eigenvalue weighted by Gasteiger charge is 2.40. The van der Waals surface area contributed by atoms with Gasteiger partial charge in [-0.1, -0.05) is 6.42 Å². The molecule has 2 aliphatic rings. The summed E-state index contributed by atoms with van der Waals surface area (Å²) in [6.07, 6.45) is 6.44. The highest BCUT2D eigenvalue weighted by molar-refractivity contribution is 8.00. The summed E-state index contributed by atoms with van der Waals surface area (Å²) in [5.74, 6) is 0.986. The van der Waals surface area contributed by atoms with Gasteiger partial charge in [-0.05, 0) is 25.7 Å². The lowest BCUT2D eigenvalue weighted by atomic mass is 9.97. The summed E-state index contributed by atoms with van der Waals surface area (Å²) in [7, 11) is 0. The molecular formula is C8H15NOS. The Labute approximate surface area is 71.9 Å². The molecule has 2 nitrogen and oxygen atoms in total. The van der Waals surface area contributed by atoms with Crippen molar-refractivity contribution in [1.82, 2.24) is 0 Å². The van der Waals surface area contributed by atoms with E-state index >= 15 is 0 Å². The topological polar surface area (TPSA) is 35.2 Å². The molecule has 1 unspecified atom stereocenters. The molecule has 1 saturated carbocycles. The van der Waals surface area contributed by atoms with Crippen LogP contribution in [0.1, 0.15) is 32.1 Å². The van der Waals surface area contributed by atoms with Crippen LogP contribution < -0.4 is 5.73 Å². The van der Waals surface area contributed by atoms with Crippen molar-refractivity contribution < 1.29 is 4.74 Å². The SMILES string of the molecule is NC1CSC2(CCCCC2)O1. The van der Waals surface area contributed by atoms with E-state index in [4.69, 9.17) is 10.5 Å². The maximum atomic E-state index is 5.73. The van der Waals surface area contributed by atoms with Crippen LogP contribution in [0.2, 0.25) is 0 Å². The number of rotatable bonds is 0. The van der Waals surface area contributed by atoms with Crippen LogP contribution in [-0.4, -0.2) is 16.9 Å². The summed E-state index contributed by atoms with van der Waals surface area (Å²) in [5, 5.41) is 0. The minimum atomic E-state index is -0.00176. The molecule has 1 heterocycles. The minimum absolute atomic E-state index is 0.00176. The van der Waals surface area contributed by atoms with Crippen LogP contribution in [0.3, 0.4) is 0 Å². The number of nitrogens with two attached hydrogens (primary N) is 1. The average Bonchev–Trinajstić information content (AvgIpc) is 2.34. The van der Waals surface area contributed by atoms with Gasteiger partial charge in [0.25, 0.3) is 0 Å². The molecule has 1 saturated heterocycles. The minimum Gasteiger partial charge on any atom is -0.346 e. The van der Waals surface area contributed by atoms with E-state index in [-0.39, 0.29) is 11.2 Å². The molecule has 1 aliphatic carbocycles. The third kappa shape index (κ3) is 1.55. The standard InChI is InChI=1S/C8H15NOS/c9-7-6-11-8(10-7)4-2-1-3-5-8/h7H,1-6,9H2. The zero-order chi connectivity index (χ0) is 7.73. The fourth-order valence-electron chi connectivity index (χ4n) is 1.93. The highest BCUT2D eigenvalue weighted by Crippen LogP contribution is 2.45. The summed E-state index contributed by atoms with van der Waals surface area (Å²) in [6, 6.07) is 0. The largest absolute Gasteiger partial charge is 0.346 e. The molecule has 0 aromatic rings. The highest BCUT2D eigenvalue weighted by atomic mass is 32.2. The van der Waals surface area contributed by atoms with Crippen molar-refractivity contribution >= 4 is 11.8 Å². The van der Waals surface area contributed by atoms with Crippen LogP contribution in [0.15, 0.2) is 0 Å². The normalized spacial score (nSPS) is 36.3. The molecule has 2 fully saturated rings. The Kier molecular flexibility index (Phi) is 2.12. The van der Waals surface area contributed by atoms with E-state index in [9.17, 15) is 0 Å². The first-order valence-corrected chi connectivity index (χ1v) is 5.37. The lowest BCUT2D eigenvalue weighted by Crippen LogP contribution is -2.32. The summed E-state index contributed by atoms with van der Waals surface area (Å²) < 4.78 is 5.73. The lowest BCUT2D eigenvalue weighted by Gasteiger charge is -2.31. The van der Waals surface area contributed by atoms with Crippen molar-refractivity contribution in [2.75, 3.05) is 5.75 Å². The molecule has 1 aliphatic heterocycles. The van der Waals surface area contributed by atoms with Crippen molar-refractivity contribution in [1.29, 1.82) is 0 Å². The third-order valence-electron chi connectivity index (χ3n) is 2.49. The van der Waals surface area contributed by atoms with E-state index in [2.05, 4.69) is 0 Å². The summed E-state index contributed by atoms with van der Waals surface area (Å²) >= 11 is 1.93. The van der Waals surface area contributed by atoms with Crippen molar-refractivity contribution in [3.63, 3.8) is 0 Å². The van der Waals surface area contributed by atoms with E-state index in [1.165, 1.54) is 32.1 Å². The van der Waals surface area contributed by atoms with E-state index in [1.54, 1.807) is 0 Å². The van der Waals surface area contributed by atoms with Gasteiger partial charge in [-0.15, -0.1) is 11.8 Å². The van der Waals surface area contributed by atoms with Crippen LogP contribution in [0.4, 0.5) is 0 Å². The number of hydrogen-bond acceptors (Lipinski definition) is 3. The second-order valence-electron chi connectivity index (χ2n) is 3.44. The molecule has 64 valence electrons. The zero-order valence-electron chi connectivity index (χ0n) is 6.71. The van der Waals surface area contributed by atoms with Gasteiger partial charge < -0.3 is 10.5 Å². The van der Waals surface area contributed by atoms with E-state index in [0.717, 1.165) is 5.75 Å². The summed E-state index contributed by atoms with van der Waals surface area (Å²) in [5.41, 5.74) is 5.70. The third-order valence-corrected chi connectivity index (χ3v) is 4.02. The van der Waals surface area contributed by atoms with E-state index < -0.39 is 0 Å². The number of thioether (sulfide) groups is 1. The molecule has 1 atom stereocenters. The Bertz CT molecular complexity index is 140. The van der Waals surface area contributed by atoms with Gasteiger partial charge in [0.2, 0.25) is 0 Å². The number of ether oxygens (including phenoxy) is 1. The molecule has 0 bridgehead atoms. The monoisotopic (exact) mass is 173 g/mol. The second kappa shape index (κ2) is 2.96. The van der Waals surface area contributed by atoms with Gasteiger partial charge in [0, 0.05) is 5.75 Å². The maximum Gasteiger partial charge on any atom is 0.116 e. The van der Waals surface area contributed by atoms with E-state index in [1.807, 2.05) is 11.8 Å². The van der Waals surface area contributed by atoms with Crippen LogP contribution in [0, 0.1) is 0 Å². The Hall–Kier alpha value is 0.270. The van der Waals surface area contributed by atoms with Crippen molar-refractivity contribution in [2.24, 2.45) is 5.73 Å². The van der Waals surface area contributed by atoms with Crippen LogP contribution in [0.5, 0.6) is 0 Å². The smallest absolute Gasteiger partial charge is 0.116 e. The van der Waals surface area contributed by atoms with Crippen LogP contribution >= 0.6 is 11.8 Å². The molecular weight excluding hydrogens is 158 g/mol. The predicted molar refractivity (Wildman–Crippen MR) is 47.3 cm³/mol. The van der Waals surface area contributed by atoms with Gasteiger partial charge >= 0.3 is 0 Å². The lowest BCUT2D eigenvalue weighted by molar-refractivity contribution is -0.0246. The van der Waals surface area contributed by atoms with Gasteiger partial charge in [0.15, 0.2) is 0 Å². The molecule has 0 aromatic heterocycles. The van der Waals surface area contributed by atoms with Gasteiger partial charge in [-0.3, -0.25) is 0 Å². The van der Waals surface area contributed by atoms with E-state index in [0.29, 0.717) is 0 Å². The fourth-order valence-corrected chi connectivity index (χ4v) is 3.24. The fraction of sp³-hybridized carbons (Fsp3) is 1.00. The van der Waals surface area contributed by atoms with Gasteiger partial charge in [0.05, 0.1) is 0 Å². The molecule has 0 radical (unpaired) electrons. The predicted octanol–water partition coefficient (Wildman–Crippen LogP) is 1.70. The quantitative estimate of drug-likeness (QED) is 0.605. The zero-order valence-corrected chi connectivity index (χ0v) is 7.53. The van der Waals surface area contributed by atoms with Gasteiger partial charge in [0.1, 0.15) is 11.2 Å². The molecule has 2 rings (SSSR count). The second-order valence-corrected chi connectivity index (χ2v) is 4.80. The first-order valence-electron chi connectivity index (χ1n) is 4.38. The van der Waals surface area contributed by atoms with Gasteiger partial charge in [-0.25, -0.2) is 0 Å². The Morgan fingerprint density at radius 3 is 2.55 bits per heavy atom. The Balaban J connectivity index is 1.98. The van der Waals surface area contributed by atoms with Crippen molar-refractivity contribution in [2.45, 2.75) is 43.3 Å². The van der Waals surface area contributed by atoms with Crippen molar-refractivity contribution in [3.05, 3.63) is 0 Å². The Morgan fingerprint density at radius 1 is 1.27 bits per heavy atom. The molecule has 0 amide bonds. The van der Waals surface area contributed by atoms with Crippen LogP contribution in [-0.2, 0) is 4.74 Å². The maximum absolute atomic E-state index is 5.73. The van der Waals surface area contributed by atoms with Gasteiger partial charge in [-0.2, -0.15) is 0 Å². The molecule has 0 aromatic carbocycles. The molecule has 11 heavy (non-hydrogen) atoms. The summed E-state index contributed by atoms with van der Waals surface area (Å²) in [4.78, 5) is 0.137. The first-order chi connectivity index (χ1) is 5.31. The Morgan fingerprint density at radius 2 is 2.00 bits per heavy atom.